The molecule has 90 valence electrons. The van der Waals surface area contributed by atoms with Gasteiger partial charge in [0.2, 0.25) is 0 Å². The van der Waals surface area contributed by atoms with Crippen LogP contribution in [-0.2, 0) is 0 Å². The molecule has 0 aromatic heterocycles. The second-order valence-corrected chi connectivity index (χ2v) is 4.57. The molecule has 0 radical (unpaired) electrons. The van der Waals surface area contributed by atoms with Gasteiger partial charge in [0.25, 0.3) is 0 Å². The van der Waals surface area contributed by atoms with Gasteiger partial charge < -0.3 is 16.2 Å². The molecule has 1 aromatic carbocycles. The molecule has 4 nitrogen and oxygen atoms in total. The molecule has 1 aliphatic carbocycles. The lowest BCUT2D eigenvalue weighted by Crippen LogP contribution is -2.28. The van der Waals surface area contributed by atoms with Crippen LogP contribution in [0.15, 0.2) is 18.2 Å². The summed E-state index contributed by atoms with van der Waals surface area (Å²) < 4.78 is 0. The van der Waals surface area contributed by atoms with E-state index in [0.29, 0.717) is 17.3 Å². The number of nitrogens with zero attached hydrogens (tertiary/aromatic N) is 1. The van der Waals surface area contributed by atoms with Crippen LogP contribution >= 0.6 is 0 Å². The number of hydrogen-bond donors (Lipinski definition) is 3. The Hall–Kier alpha value is -1.73. The van der Waals surface area contributed by atoms with E-state index in [2.05, 4.69) is 11.4 Å². The minimum Gasteiger partial charge on any atom is -0.399 e. The Morgan fingerprint density at radius 1 is 1.29 bits per heavy atom. The van der Waals surface area contributed by atoms with E-state index >= 15 is 0 Å². The van der Waals surface area contributed by atoms with Crippen molar-refractivity contribution in [2.45, 2.75) is 37.8 Å². The maximum absolute atomic E-state index is 9.44. The van der Waals surface area contributed by atoms with Crippen LogP contribution in [0.1, 0.15) is 31.2 Å². The average molecular weight is 231 g/mol. The lowest BCUT2D eigenvalue weighted by molar-refractivity contribution is 0.126. The van der Waals surface area contributed by atoms with Crippen LogP contribution in [0.5, 0.6) is 0 Å². The third-order valence-corrected chi connectivity index (χ3v) is 3.22. The molecule has 1 saturated carbocycles. The Morgan fingerprint density at radius 2 is 2.00 bits per heavy atom. The molecule has 4 N–H and O–H groups in total. The summed E-state index contributed by atoms with van der Waals surface area (Å²) in [5.74, 6) is 0. The van der Waals surface area contributed by atoms with E-state index < -0.39 is 0 Å². The Balaban J connectivity index is 2.08. The number of nitriles is 1. The number of aliphatic hydroxyl groups is 1. The van der Waals surface area contributed by atoms with Gasteiger partial charge in [0.05, 0.1) is 17.4 Å². The quantitative estimate of drug-likeness (QED) is 0.678. The molecular weight excluding hydrogens is 214 g/mol. The summed E-state index contributed by atoms with van der Waals surface area (Å²) in [6, 6.07) is 7.74. The minimum atomic E-state index is -0.163. The van der Waals surface area contributed by atoms with Gasteiger partial charge in [-0.3, -0.25) is 0 Å². The topological polar surface area (TPSA) is 82.1 Å². The summed E-state index contributed by atoms with van der Waals surface area (Å²) in [4.78, 5) is 0. The lowest BCUT2D eigenvalue weighted by atomic mass is 9.93. The van der Waals surface area contributed by atoms with Crippen molar-refractivity contribution in [3.63, 3.8) is 0 Å². The Morgan fingerprint density at radius 3 is 2.65 bits per heavy atom. The first-order valence-electron chi connectivity index (χ1n) is 5.93. The summed E-state index contributed by atoms with van der Waals surface area (Å²) in [5.41, 5.74) is 7.79. The summed E-state index contributed by atoms with van der Waals surface area (Å²) in [5, 5.41) is 21.8. The van der Waals surface area contributed by atoms with Crippen molar-refractivity contribution in [2.24, 2.45) is 0 Å². The normalized spacial score (nSPS) is 24.0. The fraction of sp³-hybridized carbons (Fsp3) is 0.462. The summed E-state index contributed by atoms with van der Waals surface area (Å²) in [6.07, 6.45) is 3.34. The Kier molecular flexibility index (Phi) is 3.50. The van der Waals surface area contributed by atoms with Crippen LogP contribution in [0.4, 0.5) is 11.4 Å². The number of nitrogens with one attached hydrogen (secondary N) is 1. The first kappa shape index (κ1) is 11.7. The number of hydrogen-bond acceptors (Lipinski definition) is 4. The van der Waals surface area contributed by atoms with Gasteiger partial charge in [-0.25, -0.2) is 0 Å². The molecule has 4 heteroatoms. The van der Waals surface area contributed by atoms with Gasteiger partial charge in [0, 0.05) is 11.7 Å². The lowest BCUT2D eigenvalue weighted by Gasteiger charge is -2.27. The molecule has 0 bridgehead atoms. The zero-order chi connectivity index (χ0) is 12.3. The highest BCUT2D eigenvalue weighted by Crippen LogP contribution is 2.25. The molecule has 0 saturated heterocycles. The van der Waals surface area contributed by atoms with E-state index in [-0.39, 0.29) is 6.10 Å². The molecule has 0 heterocycles. The zero-order valence-electron chi connectivity index (χ0n) is 9.69. The van der Waals surface area contributed by atoms with Crippen LogP contribution in [0.2, 0.25) is 0 Å². The van der Waals surface area contributed by atoms with Crippen molar-refractivity contribution in [1.82, 2.24) is 0 Å². The molecule has 0 spiro atoms. The number of benzene rings is 1. The van der Waals surface area contributed by atoms with Crippen molar-refractivity contribution >= 4 is 11.4 Å². The Bertz CT molecular complexity index is 431. The van der Waals surface area contributed by atoms with Gasteiger partial charge in [0.15, 0.2) is 0 Å². The second kappa shape index (κ2) is 5.07. The molecule has 1 fully saturated rings. The van der Waals surface area contributed by atoms with Gasteiger partial charge in [-0.05, 0) is 43.9 Å². The number of anilines is 2. The second-order valence-electron chi connectivity index (χ2n) is 4.57. The third-order valence-electron chi connectivity index (χ3n) is 3.22. The van der Waals surface area contributed by atoms with Gasteiger partial charge in [-0.15, -0.1) is 0 Å². The predicted molar refractivity (Wildman–Crippen MR) is 67.5 cm³/mol. The number of nitrogens with two attached hydrogens (primary N) is 1. The highest BCUT2D eigenvalue weighted by Gasteiger charge is 2.19. The highest BCUT2D eigenvalue weighted by molar-refractivity contribution is 5.64. The number of aliphatic hydroxyl groups excluding tert-OH is 1. The standard InChI is InChI=1S/C13H17N3O/c14-8-9-1-2-10(15)7-13(9)16-11-3-5-12(17)6-4-11/h1-2,7,11-12,16-17H,3-6,15H2. The average Bonchev–Trinajstić information content (AvgIpc) is 2.32. The van der Waals surface area contributed by atoms with Crippen molar-refractivity contribution in [3.8, 4) is 6.07 Å². The molecule has 0 amide bonds. The van der Waals surface area contributed by atoms with E-state index in [9.17, 15) is 5.11 Å². The van der Waals surface area contributed by atoms with E-state index in [1.165, 1.54) is 0 Å². The minimum absolute atomic E-state index is 0.163. The van der Waals surface area contributed by atoms with E-state index in [4.69, 9.17) is 11.0 Å². The largest absolute Gasteiger partial charge is 0.399 e. The van der Waals surface area contributed by atoms with Crippen LogP contribution in [-0.4, -0.2) is 17.3 Å². The molecule has 17 heavy (non-hydrogen) atoms. The molecule has 1 aliphatic rings. The van der Waals surface area contributed by atoms with Crippen molar-refractivity contribution in [1.29, 1.82) is 5.26 Å². The van der Waals surface area contributed by atoms with Crippen LogP contribution in [0.25, 0.3) is 0 Å². The van der Waals surface area contributed by atoms with Crippen LogP contribution in [0, 0.1) is 11.3 Å². The van der Waals surface area contributed by atoms with Crippen LogP contribution < -0.4 is 11.1 Å². The van der Waals surface area contributed by atoms with Crippen LogP contribution in [0.3, 0.4) is 0 Å². The summed E-state index contributed by atoms with van der Waals surface area (Å²) in [7, 11) is 0. The monoisotopic (exact) mass is 231 g/mol. The predicted octanol–water partition coefficient (Wildman–Crippen LogP) is 1.86. The molecule has 0 unspecified atom stereocenters. The van der Waals surface area contributed by atoms with Gasteiger partial charge in [-0.1, -0.05) is 0 Å². The van der Waals surface area contributed by atoms with Gasteiger partial charge in [0.1, 0.15) is 6.07 Å². The van der Waals surface area contributed by atoms with E-state index in [1.54, 1.807) is 18.2 Å². The summed E-state index contributed by atoms with van der Waals surface area (Å²) in [6.45, 7) is 0. The maximum atomic E-state index is 9.44. The molecule has 1 aromatic rings. The smallest absolute Gasteiger partial charge is 0.101 e. The van der Waals surface area contributed by atoms with Crippen molar-refractivity contribution < 1.29 is 5.11 Å². The van der Waals surface area contributed by atoms with Gasteiger partial charge >= 0.3 is 0 Å². The van der Waals surface area contributed by atoms with Gasteiger partial charge in [-0.2, -0.15) is 5.26 Å². The third kappa shape index (κ3) is 2.89. The first-order valence-corrected chi connectivity index (χ1v) is 5.93. The zero-order valence-corrected chi connectivity index (χ0v) is 9.69. The molecule has 0 aliphatic heterocycles. The Labute approximate surface area is 101 Å². The molecule has 2 rings (SSSR count). The fourth-order valence-electron chi connectivity index (χ4n) is 2.22. The highest BCUT2D eigenvalue weighted by atomic mass is 16.3. The number of nitrogen functional groups attached to an aromatic ring is 1. The SMILES string of the molecule is N#Cc1ccc(N)cc1NC1CCC(O)CC1. The fourth-order valence-corrected chi connectivity index (χ4v) is 2.22. The van der Waals surface area contributed by atoms with Crippen molar-refractivity contribution in [2.75, 3.05) is 11.1 Å². The molecule has 0 atom stereocenters. The maximum Gasteiger partial charge on any atom is 0.101 e. The summed E-state index contributed by atoms with van der Waals surface area (Å²) >= 11 is 0. The number of rotatable bonds is 2. The van der Waals surface area contributed by atoms with Crippen molar-refractivity contribution in [3.05, 3.63) is 23.8 Å². The van der Waals surface area contributed by atoms with E-state index in [1.807, 2.05) is 0 Å². The molecular formula is C13H17N3O. The van der Waals surface area contributed by atoms with E-state index in [0.717, 1.165) is 31.4 Å². The first-order chi connectivity index (χ1) is 8.19.